The molecule has 0 aromatic heterocycles. The number of carbonyl (C=O) groups excluding carboxylic acids is 2. The Bertz CT molecular complexity index is 646. The van der Waals surface area contributed by atoms with Gasteiger partial charge in [0, 0.05) is 24.9 Å². The first-order valence-electron chi connectivity index (χ1n) is 10.5. The van der Waals surface area contributed by atoms with Crippen LogP contribution in [0.15, 0.2) is 42.0 Å². The maximum absolute atomic E-state index is 12.4. The van der Waals surface area contributed by atoms with E-state index in [1.165, 1.54) is 31.3 Å². The Morgan fingerprint density at radius 2 is 1.56 bits per heavy atom. The molecule has 4 nitrogen and oxygen atoms in total. The highest BCUT2D eigenvalue weighted by Crippen LogP contribution is 2.29. The number of amides is 2. The Morgan fingerprint density at radius 3 is 2.19 bits per heavy atom. The van der Waals surface area contributed by atoms with E-state index in [0.29, 0.717) is 6.54 Å². The van der Waals surface area contributed by atoms with Crippen molar-refractivity contribution in [2.75, 3.05) is 6.54 Å². The van der Waals surface area contributed by atoms with Crippen LogP contribution in [0.1, 0.15) is 63.4 Å². The molecule has 0 atom stereocenters. The first-order valence-corrected chi connectivity index (χ1v) is 10.5. The molecule has 1 saturated carbocycles. The zero-order valence-electron chi connectivity index (χ0n) is 16.2. The summed E-state index contributed by atoms with van der Waals surface area (Å²) in [6.45, 7) is 1.33. The van der Waals surface area contributed by atoms with E-state index in [1.54, 1.807) is 0 Å². The first-order chi connectivity index (χ1) is 13.2. The van der Waals surface area contributed by atoms with Crippen LogP contribution in [0.5, 0.6) is 0 Å². The number of hydrogen-bond acceptors (Lipinski definition) is 2. The van der Waals surface area contributed by atoms with Crippen LogP contribution in [0.3, 0.4) is 0 Å². The Labute approximate surface area is 162 Å². The van der Waals surface area contributed by atoms with Gasteiger partial charge in [0.2, 0.25) is 11.8 Å². The predicted molar refractivity (Wildman–Crippen MR) is 108 cm³/mol. The SMILES string of the molecule is O=C(NCCC1=CCCCC1)C1CCC(C(=O)NCc2ccccc2)CC1. The van der Waals surface area contributed by atoms with Gasteiger partial charge in [-0.05, 0) is 63.4 Å². The average Bonchev–Trinajstić information content (AvgIpc) is 2.73. The molecule has 0 bridgehead atoms. The normalized spacial score (nSPS) is 22.6. The van der Waals surface area contributed by atoms with Crippen LogP contribution in [0.4, 0.5) is 0 Å². The van der Waals surface area contributed by atoms with Crippen molar-refractivity contribution in [1.82, 2.24) is 10.6 Å². The van der Waals surface area contributed by atoms with Gasteiger partial charge in [-0.15, -0.1) is 0 Å². The molecule has 0 heterocycles. The summed E-state index contributed by atoms with van der Waals surface area (Å²) in [7, 11) is 0. The number of allylic oxidation sites excluding steroid dienone is 1. The van der Waals surface area contributed by atoms with Crippen molar-refractivity contribution in [3.63, 3.8) is 0 Å². The Morgan fingerprint density at radius 1 is 0.889 bits per heavy atom. The lowest BCUT2D eigenvalue weighted by Gasteiger charge is -2.27. The number of hydrogen-bond donors (Lipinski definition) is 2. The van der Waals surface area contributed by atoms with Crippen LogP contribution < -0.4 is 10.6 Å². The fraction of sp³-hybridized carbons (Fsp3) is 0.565. The summed E-state index contributed by atoms with van der Waals surface area (Å²) in [4.78, 5) is 24.8. The maximum atomic E-state index is 12.4. The quantitative estimate of drug-likeness (QED) is 0.712. The molecule has 1 aromatic carbocycles. The largest absolute Gasteiger partial charge is 0.356 e. The summed E-state index contributed by atoms with van der Waals surface area (Å²) in [5.41, 5.74) is 2.62. The van der Waals surface area contributed by atoms with E-state index in [-0.39, 0.29) is 23.7 Å². The molecule has 2 aliphatic rings. The van der Waals surface area contributed by atoms with Gasteiger partial charge in [-0.25, -0.2) is 0 Å². The van der Waals surface area contributed by atoms with E-state index in [4.69, 9.17) is 0 Å². The number of nitrogens with one attached hydrogen (secondary N) is 2. The zero-order chi connectivity index (χ0) is 18.9. The van der Waals surface area contributed by atoms with Crippen molar-refractivity contribution < 1.29 is 9.59 Å². The van der Waals surface area contributed by atoms with E-state index < -0.39 is 0 Å². The van der Waals surface area contributed by atoms with E-state index >= 15 is 0 Å². The van der Waals surface area contributed by atoms with Gasteiger partial charge >= 0.3 is 0 Å². The molecule has 0 aliphatic heterocycles. The van der Waals surface area contributed by atoms with Crippen molar-refractivity contribution >= 4 is 11.8 Å². The molecule has 0 spiro atoms. The van der Waals surface area contributed by atoms with Crippen molar-refractivity contribution in [3.8, 4) is 0 Å². The summed E-state index contributed by atoms with van der Waals surface area (Å²) in [6, 6.07) is 9.98. The second-order valence-electron chi connectivity index (χ2n) is 7.90. The molecule has 0 saturated heterocycles. The van der Waals surface area contributed by atoms with Crippen LogP contribution in [-0.4, -0.2) is 18.4 Å². The molecule has 146 valence electrons. The first kappa shape index (κ1) is 19.7. The third-order valence-electron chi connectivity index (χ3n) is 5.91. The molecular weight excluding hydrogens is 336 g/mol. The fourth-order valence-electron chi connectivity index (χ4n) is 4.17. The maximum Gasteiger partial charge on any atom is 0.223 e. The van der Waals surface area contributed by atoms with Crippen LogP contribution in [-0.2, 0) is 16.1 Å². The fourth-order valence-corrected chi connectivity index (χ4v) is 4.17. The Kier molecular flexibility index (Phi) is 7.49. The summed E-state index contributed by atoms with van der Waals surface area (Å²) in [6.07, 6.45) is 11.6. The van der Waals surface area contributed by atoms with Gasteiger partial charge in [-0.3, -0.25) is 9.59 Å². The van der Waals surface area contributed by atoms with Crippen molar-refractivity contribution in [1.29, 1.82) is 0 Å². The van der Waals surface area contributed by atoms with Gasteiger partial charge in [0.1, 0.15) is 0 Å². The predicted octanol–water partition coefficient (Wildman–Crippen LogP) is 4.12. The summed E-state index contributed by atoms with van der Waals surface area (Å²) in [5, 5.41) is 6.15. The molecule has 0 radical (unpaired) electrons. The van der Waals surface area contributed by atoms with Crippen LogP contribution in [0, 0.1) is 11.8 Å². The van der Waals surface area contributed by atoms with Crippen molar-refractivity contribution in [2.45, 2.75) is 64.3 Å². The molecule has 1 aromatic rings. The second-order valence-corrected chi connectivity index (χ2v) is 7.90. The molecule has 2 N–H and O–H groups in total. The molecule has 27 heavy (non-hydrogen) atoms. The van der Waals surface area contributed by atoms with Gasteiger partial charge in [0.05, 0.1) is 0 Å². The molecule has 4 heteroatoms. The minimum absolute atomic E-state index is 0.0464. The highest BCUT2D eigenvalue weighted by molar-refractivity contribution is 5.81. The molecule has 2 amide bonds. The minimum Gasteiger partial charge on any atom is -0.356 e. The molecule has 3 rings (SSSR count). The molecule has 2 aliphatic carbocycles. The lowest BCUT2D eigenvalue weighted by molar-refractivity contribution is -0.130. The standard InChI is InChI=1S/C23H32N2O2/c26-22(24-16-15-18-7-3-1-4-8-18)20-11-13-21(14-12-20)23(27)25-17-19-9-5-2-6-10-19/h2,5-7,9-10,20-21H,1,3-4,8,11-17H2,(H,24,26)(H,25,27). The van der Waals surface area contributed by atoms with Crippen LogP contribution >= 0.6 is 0 Å². The van der Waals surface area contributed by atoms with Crippen molar-refractivity contribution in [2.24, 2.45) is 11.8 Å². The topological polar surface area (TPSA) is 58.2 Å². The van der Waals surface area contributed by atoms with E-state index in [0.717, 1.165) is 44.2 Å². The Hall–Kier alpha value is -2.10. The van der Waals surface area contributed by atoms with Gasteiger partial charge < -0.3 is 10.6 Å². The van der Waals surface area contributed by atoms with Crippen LogP contribution in [0.25, 0.3) is 0 Å². The highest BCUT2D eigenvalue weighted by Gasteiger charge is 2.29. The average molecular weight is 369 g/mol. The van der Waals surface area contributed by atoms with Gasteiger partial charge in [0.25, 0.3) is 0 Å². The zero-order valence-corrected chi connectivity index (χ0v) is 16.2. The summed E-state index contributed by atoms with van der Waals surface area (Å²) in [5.74, 6) is 0.421. The van der Waals surface area contributed by atoms with E-state index in [9.17, 15) is 9.59 Å². The van der Waals surface area contributed by atoms with Gasteiger partial charge in [0.15, 0.2) is 0 Å². The molecule has 0 unspecified atom stereocenters. The summed E-state index contributed by atoms with van der Waals surface area (Å²) >= 11 is 0. The third kappa shape index (κ3) is 6.23. The minimum atomic E-state index is 0.0464. The monoisotopic (exact) mass is 368 g/mol. The van der Waals surface area contributed by atoms with Crippen LogP contribution in [0.2, 0.25) is 0 Å². The molecular formula is C23H32N2O2. The summed E-state index contributed by atoms with van der Waals surface area (Å²) < 4.78 is 0. The number of benzene rings is 1. The number of carbonyl (C=O) groups is 2. The van der Waals surface area contributed by atoms with Gasteiger partial charge in [-0.2, -0.15) is 0 Å². The lowest BCUT2D eigenvalue weighted by Crippen LogP contribution is -2.37. The smallest absolute Gasteiger partial charge is 0.223 e. The van der Waals surface area contributed by atoms with E-state index in [2.05, 4.69) is 16.7 Å². The van der Waals surface area contributed by atoms with E-state index in [1.807, 2.05) is 30.3 Å². The second kappa shape index (κ2) is 10.3. The highest BCUT2D eigenvalue weighted by atomic mass is 16.2. The third-order valence-corrected chi connectivity index (χ3v) is 5.91. The number of rotatable bonds is 7. The lowest BCUT2D eigenvalue weighted by atomic mass is 9.81. The molecule has 1 fully saturated rings. The van der Waals surface area contributed by atoms with Crippen molar-refractivity contribution in [3.05, 3.63) is 47.5 Å². The van der Waals surface area contributed by atoms with Gasteiger partial charge in [-0.1, -0.05) is 42.0 Å². The Balaban J connectivity index is 1.33.